The Morgan fingerprint density at radius 1 is 1.11 bits per heavy atom. The molecule has 1 aliphatic carbocycles. The van der Waals surface area contributed by atoms with E-state index in [1.165, 1.54) is 23.0 Å². The van der Waals surface area contributed by atoms with Crippen molar-refractivity contribution in [2.45, 2.75) is 31.0 Å². The highest BCUT2D eigenvalue weighted by Crippen LogP contribution is 2.55. The fourth-order valence-corrected chi connectivity index (χ4v) is 4.38. The van der Waals surface area contributed by atoms with Crippen LogP contribution in [-0.4, -0.2) is 45.5 Å². The number of nitrogens with one attached hydrogen (secondary N) is 2. The van der Waals surface area contributed by atoms with Gasteiger partial charge in [-0.15, -0.1) is 5.10 Å². The summed E-state index contributed by atoms with van der Waals surface area (Å²) in [6, 6.07) is 3.18. The van der Waals surface area contributed by atoms with Crippen molar-refractivity contribution in [2.24, 2.45) is 0 Å². The number of hydrogen-bond donors (Lipinski definition) is 2. The average molecular weight is 486 g/mol. The Balaban J connectivity index is 1.40. The van der Waals surface area contributed by atoms with Crippen molar-refractivity contribution in [1.82, 2.24) is 39.3 Å². The predicted octanol–water partition coefficient (Wildman–Crippen LogP) is 2.49. The summed E-state index contributed by atoms with van der Waals surface area (Å²) in [5, 5.41) is 7.75. The fraction of sp³-hybridized carbons (Fsp3) is 0.238. The Hall–Kier alpha value is -4.36. The molecule has 5 heterocycles. The number of aromatic amines is 2. The van der Waals surface area contributed by atoms with Gasteiger partial charge in [-0.3, -0.25) is 14.5 Å². The standard InChI is InChI=1S/C21H14F4N8O2/c22-17-16-15(33(31-17)8-21(23,24)25)3-9(6-27-16)10-4-11(10)12-5-14(30-32-2-1-26-18(12)32)13-7-28-20(35)29-19(13)34/h1-3,5-7,10-11H,4,8H2,(H2,28,29,34,35). The van der Waals surface area contributed by atoms with Crippen LogP contribution in [0.25, 0.3) is 27.9 Å². The summed E-state index contributed by atoms with van der Waals surface area (Å²) in [4.78, 5) is 36.6. The third-order valence-electron chi connectivity index (χ3n) is 6.00. The minimum absolute atomic E-state index is 0.0378. The molecule has 0 spiro atoms. The maximum atomic E-state index is 14.0. The van der Waals surface area contributed by atoms with Gasteiger partial charge in [0.15, 0.2) is 5.65 Å². The number of alkyl halides is 3. The summed E-state index contributed by atoms with van der Waals surface area (Å²) in [5.41, 5.74) is 0.924. The van der Waals surface area contributed by atoms with Gasteiger partial charge < -0.3 is 4.98 Å². The van der Waals surface area contributed by atoms with Crippen LogP contribution in [0.1, 0.15) is 29.4 Å². The van der Waals surface area contributed by atoms with E-state index in [4.69, 9.17) is 0 Å². The van der Waals surface area contributed by atoms with Crippen molar-refractivity contribution in [3.05, 3.63) is 74.8 Å². The zero-order valence-corrected chi connectivity index (χ0v) is 17.5. The van der Waals surface area contributed by atoms with Crippen molar-refractivity contribution in [3.8, 4) is 11.3 Å². The van der Waals surface area contributed by atoms with Crippen LogP contribution in [0.4, 0.5) is 17.6 Å². The topological polar surface area (TPSA) is 127 Å². The monoisotopic (exact) mass is 486 g/mol. The molecule has 0 aromatic carbocycles. The Labute approximate surface area is 191 Å². The normalized spacial score (nSPS) is 17.9. The molecule has 0 amide bonds. The van der Waals surface area contributed by atoms with Gasteiger partial charge in [-0.1, -0.05) is 0 Å². The third-order valence-corrected chi connectivity index (χ3v) is 6.00. The first-order valence-electron chi connectivity index (χ1n) is 10.4. The van der Waals surface area contributed by atoms with Crippen molar-refractivity contribution in [1.29, 1.82) is 0 Å². The van der Waals surface area contributed by atoms with E-state index in [-0.39, 0.29) is 28.4 Å². The second-order valence-electron chi connectivity index (χ2n) is 8.31. The quantitative estimate of drug-likeness (QED) is 0.376. The second kappa shape index (κ2) is 7.32. The molecule has 0 saturated heterocycles. The molecule has 5 aromatic rings. The van der Waals surface area contributed by atoms with Gasteiger partial charge in [0.1, 0.15) is 12.1 Å². The number of aromatic nitrogens is 8. The number of halogens is 4. The first kappa shape index (κ1) is 21.2. The number of pyridine rings is 1. The fourth-order valence-electron chi connectivity index (χ4n) is 4.38. The van der Waals surface area contributed by atoms with E-state index in [9.17, 15) is 27.2 Å². The minimum atomic E-state index is -4.57. The SMILES string of the molecule is O=c1[nH]cc(-c2cc(C3CC3c3cnc4c(F)nn(CC(F)(F)F)c4c3)c3nccn3n2)c(=O)[nH]1. The number of rotatable bonds is 4. The van der Waals surface area contributed by atoms with E-state index >= 15 is 0 Å². The summed E-state index contributed by atoms with van der Waals surface area (Å²) >= 11 is 0. The summed E-state index contributed by atoms with van der Waals surface area (Å²) in [6.45, 7) is -1.43. The molecule has 0 bridgehead atoms. The highest BCUT2D eigenvalue weighted by atomic mass is 19.4. The molecule has 0 radical (unpaired) electrons. The van der Waals surface area contributed by atoms with E-state index in [1.807, 2.05) is 0 Å². The predicted molar refractivity (Wildman–Crippen MR) is 113 cm³/mol. The molecule has 2 unspecified atom stereocenters. The minimum Gasteiger partial charge on any atom is -0.313 e. The lowest BCUT2D eigenvalue weighted by molar-refractivity contribution is -0.142. The molecule has 1 saturated carbocycles. The number of hydrogen-bond acceptors (Lipinski definition) is 6. The van der Waals surface area contributed by atoms with Gasteiger partial charge in [0.05, 0.1) is 16.8 Å². The smallest absolute Gasteiger partial charge is 0.313 e. The molecule has 2 N–H and O–H groups in total. The van der Waals surface area contributed by atoms with Crippen LogP contribution in [0, 0.1) is 5.95 Å². The lowest BCUT2D eigenvalue weighted by atomic mass is 10.0. The third kappa shape index (κ3) is 3.66. The van der Waals surface area contributed by atoms with Crippen molar-refractivity contribution in [3.63, 3.8) is 0 Å². The number of nitrogens with zero attached hydrogens (tertiary/aromatic N) is 6. The van der Waals surface area contributed by atoms with Gasteiger partial charge in [-0.05, 0) is 36.0 Å². The van der Waals surface area contributed by atoms with Gasteiger partial charge >= 0.3 is 11.9 Å². The number of imidazole rings is 1. The van der Waals surface area contributed by atoms with Gasteiger partial charge in [-0.25, -0.2) is 19.3 Å². The summed E-state index contributed by atoms with van der Waals surface area (Å²) in [6.07, 6.45) is 1.95. The van der Waals surface area contributed by atoms with Crippen LogP contribution in [0.3, 0.4) is 0 Å². The molecular weight excluding hydrogens is 472 g/mol. The number of H-pyrrole nitrogens is 2. The summed E-state index contributed by atoms with van der Waals surface area (Å²) in [7, 11) is 0. The van der Waals surface area contributed by atoms with Crippen LogP contribution >= 0.6 is 0 Å². The molecule has 5 aromatic heterocycles. The molecule has 10 nitrogen and oxygen atoms in total. The number of fused-ring (bicyclic) bond motifs is 2. The molecule has 35 heavy (non-hydrogen) atoms. The largest absolute Gasteiger partial charge is 0.408 e. The van der Waals surface area contributed by atoms with E-state index in [0.29, 0.717) is 28.0 Å². The summed E-state index contributed by atoms with van der Waals surface area (Å²) < 4.78 is 54.9. The summed E-state index contributed by atoms with van der Waals surface area (Å²) in [5.74, 6) is -1.27. The van der Waals surface area contributed by atoms with Crippen LogP contribution < -0.4 is 11.2 Å². The molecule has 2 atom stereocenters. The molecule has 1 aliphatic rings. The Morgan fingerprint density at radius 2 is 1.94 bits per heavy atom. The molecule has 14 heteroatoms. The van der Waals surface area contributed by atoms with Crippen LogP contribution in [-0.2, 0) is 6.54 Å². The first-order chi connectivity index (χ1) is 16.7. The van der Waals surface area contributed by atoms with Crippen molar-refractivity contribution in [2.75, 3.05) is 0 Å². The van der Waals surface area contributed by atoms with Crippen LogP contribution in [0.5, 0.6) is 0 Å². The van der Waals surface area contributed by atoms with Gasteiger partial charge in [0, 0.05) is 30.4 Å². The lowest BCUT2D eigenvalue weighted by Crippen LogP contribution is -2.23. The van der Waals surface area contributed by atoms with Gasteiger partial charge in [-0.2, -0.15) is 22.7 Å². The van der Waals surface area contributed by atoms with Crippen LogP contribution in [0.15, 0.2) is 46.5 Å². The molecule has 0 aliphatic heterocycles. The average Bonchev–Trinajstić information content (AvgIpc) is 3.34. The van der Waals surface area contributed by atoms with Crippen molar-refractivity contribution >= 4 is 16.7 Å². The zero-order chi connectivity index (χ0) is 24.5. The highest BCUT2D eigenvalue weighted by molar-refractivity contribution is 5.76. The molecule has 6 rings (SSSR count). The van der Waals surface area contributed by atoms with Crippen LogP contribution in [0.2, 0.25) is 0 Å². The van der Waals surface area contributed by atoms with Gasteiger partial charge in [0.2, 0.25) is 0 Å². The highest BCUT2D eigenvalue weighted by Gasteiger charge is 2.42. The van der Waals surface area contributed by atoms with Crippen molar-refractivity contribution < 1.29 is 17.6 Å². The second-order valence-corrected chi connectivity index (χ2v) is 8.31. The van der Waals surface area contributed by atoms with E-state index in [0.717, 1.165) is 5.56 Å². The van der Waals surface area contributed by atoms with E-state index in [1.54, 1.807) is 18.5 Å². The van der Waals surface area contributed by atoms with E-state index < -0.39 is 29.9 Å². The maximum absolute atomic E-state index is 14.0. The van der Waals surface area contributed by atoms with E-state index in [2.05, 4.69) is 30.1 Å². The first-order valence-corrected chi connectivity index (χ1v) is 10.4. The molecule has 178 valence electrons. The Bertz CT molecular complexity index is 1730. The lowest BCUT2D eigenvalue weighted by Gasteiger charge is -2.09. The molecule has 1 fully saturated rings. The Morgan fingerprint density at radius 3 is 2.71 bits per heavy atom. The molecular formula is C21H14F4N8O2. The zero-order valence-electron chi connectivity index (χ0n) is 17.5. The van der Waals surface area contributed by atoms with Gasteiger partial charge in [0.25, 0.3) is 11.5 Å². The maximum Gasteiger partial charge on any atom is 0.408 e. The Kier molecular flexibility index (Phi) is 4.43.